The number of rotatable bonds is 4. The summed E-state index contributed by atoms with van der Waals surface area (Å²) >= 11 is 0. The largest absolute Gasteiger partial charge is 0.478 e. The minimum atomic E-state index is -1.22. The average molecular weight is 194 g/mol. The van der Waals surface area contributed by atoms with Gasteiger partial charge in [0.1, 0.15) is 12.2 Å². The molecule has 5 N–H and O–H groups in total. The van der Waals surface area contributed by atoms with E-state index in [0.29, 0.717) is 0 Å². The van der Waals surface area contributed by atoms with E-state index in [9.17, 15) is 4.79 Å². The van der Waals surface area contributed by atoms with Crippen molar-refractivity contribution in [1.29, 1.82) is 0 Å². The predicted molar refractivity (Wildman–Crippen MR) is 44.0 cm³/mol. The normalized spacial score (nSPS) is 13.5. The van der Waals surface area contributed by atoms with Crippen LogP contribution in [0.5, 0.6) is 0 Å². The molecule has 0 aromatic heterocycles. The summed E-state index contributed by atoms with van der Waals surface area (Å²) in [5, 5.41) is 40.8. The van der Waals surface area contributed by atoms with Crippen molar-refractivity contribution in [2.45, 2.75) is 12.2 Å². The van der Waals surface area contributed by atoms with E-state index < -0.39 is 31.4 Å². The van der Waals surface area contributed by atoms with Gasteiger partial charge in [-0.05, 0) is 0 Å². The molecule has 0 amide bonds. The Balaban J connectivity index is 0. The Bertz CT molecular complexity index is 138. The van der Waals surface area contributed by atoms with Crippen LogP contribution in [-0.4, -0.2) is 56.9 Å². The summed E-state index contributed by atoms with van der Waals surface area (Å²) in [6.45, 7) is 1.91. The Hall–Kier alpha value is -0.950. The molecular weight excluding hydrogens is 180 g/mol. The average Bonchev–Trinajstić information content (AvgIpc) is 2.16. The topological polar surface area (TPSA) is 118 Å². The quantitative estimate of drug-likeness (QED) is 0.329. The lowest BCUT2D eigenvalue weighted by molar-refractivity contribution is -0.131. The van der Waals surface area contributed by atoms with Gasteiger partial charge in [-0.3, -0.25) is 0 Å². The number of carbonyl (C=O) groups is 1. The molecule has 0 aliphatic heterocycles. The fourth-order valence-corrected chi connectivity index (χ4v) is 0.243. The van der Waals surface area contributed by atoms with E-state index in [-0.39, 0.29) is 0 Å². The van der Waals surface area contributed by atoms with Crippen LogP contribution in [0, 0.1) is 0 Å². The maximum absolute atomic E-state index is 9.25. The van der Waals surface area contributed by atoms with Gasteiger partial charge in [0.05, 0.1) is 13.2 Å². The molecule has 0 spiro atoms. The Morgan fingerprint density at radius 1 is 1.23 bits per heavy atom. The van der Waals surface area contributed by atoms with E-state index in [1.165, 1.54) is 0 Å². The molecule has 0 aromatic carbocycles. The lowest BCUT2D eigenvalue weighted by atomic mass is 10.2. The highest BCUT2D eigenvalue weighted by Crippen LogP contribution is 1.88. The highest BCUT2D eigenvalue weighted by atomic mass is 16.4. The molecule has 0 aliphatic carbocycles. The molecule has 0 fully saturated rings. The molecule has 0 aliphatic rings. The summed E-state index contributed by atoms with van der Waals surface area (Å²) in [5.74, 6) is -0.981. The molecular formula is C7H14O6. The lowest BCUT2D eigenvalue weighted by Crippen LogP contribution is -2.31. The first-order chi connectivity index (χ1) is 5.99. The molecule has 2 atom stereocenters. The van der Waals surface area contributed by atoms with Crippen molar-refractivity contribution in [1.82, 2.24) is 0 Å². The van der Waals surface area contributed by atoms with Crippen LogP contribution in [-0.2, 0) is 4.79 Å². The molecule has 78 valence electrons. The minimum Gasteiger partial charge on any atom is -0.478 e. The Morgan fingerprint density at radius 2 is 1.46 bits per heavy atom. The van der Waals surface area contributed by atoms with E-state index in [2.05, 4.69) is 6.58 Å². The molecule has 0 bridgehead atoms. The van der Waals surface area contributed by atoms with Crippen LogP contribution in [0.4, 0.5) is 0 Å². The molecule has 0 radical (unpaired) electrons. The third-order valence-corrected chi connectivity index (χ3v) is 0.993. The van der Waals surface area contributed by atoms with Crippen LogP contribution < -0.4 is 0 Å². The van der Waals surface area contributed by atoms with Gasteiger partial charge in [0.15, 0.2) is 0 Å². The second-order valence-corrected chi connectivity index (χ2v) is 2.04. The third kappa shape index (κ3) is 11.0. The van der Waals surface area contributed by atoms with Crippen molar-refractivity contribution < 1.29 is 30.3 Å². The maximum Gasteiger partial charge on any atom is 0.327 e. The van der Waals surface area contributed by atoms with Crippen molar-refractivity contribution in [3.05, 3.63) is 12.7 Å². The van der Waals surface area contributed by atoms with Crippen LogP contribution in [0.1, 0.15) is 0 Å². The van der Waals surface area contributed by atoms with E-state index in [4.69, 9.17) is 25.5 Å². The van der Waals surface area contributed by atoms with Gasteiger partial charge < -0.3 is 25.5 Å². The van der Waals surface area contributed by atoms with Crippen molar-refractivity contribution >= 4 is 5.97 Å². The van der Waals surface area contributed by atoms with Crippen LogP contribution in [0.25, 0.3) is 0 Å². The monoisotopic (exact) mass is 194 g/mol. The summed E-state index contributed by atoms with van der Waals surface area (Å²) in [5.41, 5.74) is 0. The van der Waals surface area contributed by atoms with Crippen molar-refractivity contribution in [3.63, 3.8) is 0 Å². The van der Waals surface area contributed by atoms with Crippen molar-refractivity contribution in [3.8, 4) is 0 Å². The smallest absolute Gasteiger partial charge is 0.327 e. The molecule has 6 nitrogen and oxygen atoms in total. The van der Waals surface area contributed by atoms with Gasteiger partial charge in [0.2, 0.25) is 0 Å². The zero-order valence-corrected chi connectivity index (χ0v) is 7.00. The molecule has 0 aromatic rings. The fraction of sp³-hybridized carbons (Fsp3) is 0.571. The van der Waals surface area contributed by atoms with E-state index in [1.54, 1.807) is 0 Å². The van der Waals surface area contributed by atoms with E-state index in [0.717, 1.165) is 6.08 Å². The highest BCUT2D eigenvalue weighted by Gasteiger charge is 2.12. The van der Waals surface area contributed by atoms with Crippen LogP contribution in [0.15, 0.2) is 12.7 Å². The highest BCUT2D eigenvalue weighted by molar-refractivity contribution is 5.78. The van der Waals surface area contributed by atoms with Crippen molar-refractivity contribution in [2.24, 2.45) is 0 Å². The Morgan fingerprint density at radius 3 is 1.54 bits per heavy atom. The van der Waals surface area contributed by atoms with Gasteiger partial charge in [-0.15, -0.1) is 0 Å². The molecule has 0 saturated carbocycles. The van der Waals surface area contributed by atoms with Gasteiger partial charge in [-0.25, -0.2) is 4.79 Å². The lowest BCUT2D eigenvalue weighted by Gasteiger charge is -2.10. The first-order valence-corrected chi connectivity index (χ1v) is 3.42. The summed E-state index contributed by atoms with van der Waals surface area (Å²) in [4.78, 5) is 9.25. The molecule has 13 heavy (non-hydrogen) atoms. The molecule has 0 heterocycles. The number of aliphatic carboxylic acids is 1. The number of hydrogen-bond acceptors (Lipinski definition) is 5. The predicted octanol–water partition coefficient (Wildman–Crippen LogP) is -2.05. The van der Waals surface area contributed by atoms with Gasteiger partial charge >= 0.3 is 5.97 Å². The summed E-state index contributed by atoms with van der Waals surface area (Å²) in [6, 6.07) is 0. The Kier molecular flexibility index (Phi) is 10.2. The zero-order chi connectivity index (χ0) is 10.9. The van der Waals surface area contributed by atoms with Crippen molar-refractivity contribution in [2.75, 3.05) is 13.2 Å². The summed E-state index contributed by atoms with van der Waals surface area (Å²) < 4.78 is 0. The first kappa shape index (κ1) is 14.6. The number of carboxylic acid groups (broad SMARTS) is 1. The zero-order valence-electron chi connectivity index (χ0n) is 7.00. The Labute approximate surface area is 75.4 Å². The van der Waals surface area contributed by atoms with Gasteiger partial charge in [-0.1, -0.05) is 6.58 Å². The first-order valence-electron chi connectivity index (χ1n) is 3.42. The van der Waals surface area contributed by atoms with Gasteiger partial charge in [0, 0.05) is 6.08 Å². The number of carboxylic acids is 1. The second kappa shape index (κ2) is 9.14. The molecule has 0 saturated heterocycles. The van der Waals surface area contributed by atoms with E-state index in [1.807, 2.05) is 0 Å². The fourth-order valence-electron chi connectivity index (χ4n) is 0.243. The maximum atomic E-state index is 9.25. The number of aliphatic hydroxyl groups is 4. The van der Waals surface area contributed by atoms with Crippen LogP contribution in [0.3, 0.4) is 0 Å². The molecule has 0 unspecified atom stereocenters. The van der Waals surface area contributed by atoms with Crippen LogP contribution >= 0.6 is 0 Å². The van der Waals surface area contributed by atoms with Crippen LogP contribution in [0.2, 0.25) is 0 Å². The van der Waals surface area contributed by atoms with Gasteiger partial charge in [0.25, 0.3) is 0 Å². The number of hydrogen-bond donors (Lipinski definition) is 5. The van der Waals surface area contributed by atoms with E-state index >= 15 is 0 Å². The second-order valence-electron chi connectivity index (χ2n) is 2.04. The summed E-state index contributed by atoms with van der Waals surface area (Å²) in [6.07, 6.45) is -1.61. The SMILES string of the molecule is C=CC(=O)O.OC[C@@H](O)[C@@H](O)CO. The number of aliphatic hydroxyl groups excluding tert-OH is 4. The molecule has 0 rings (SSSR count). The standard InChI is InChI=1S/C4H10O4.C3H4O2/c5-1-3(7)4(8)2-6;1-2-3(4)5/h3-8H,1-2H2;2H,1H2,(H,4,5)/t3-,4+;. The van der Waals surface area contributed by atoms with Gasteiger partial charge in [-0.2, -0.15) is 0 Å². The molecule has 6 heteroatoms. The third-order valence-electron chi connectivity index (χ3n) is 0.993. The summed E-state index contributed by atoms with van der Waals surface area (Å²) in [7, 11) is 0. The minimum absolute atomic E-state index is 0.526.